The molecule has 0 radical (unpaired) electrons. The lowest BCUT2D eigenvalue weighted by molar-refractivity contribution is -0.115. The van der Waals surface area contributed by atoms with Crippen LogP contribution >= 0.6 is 0 Å². The second-order valence-electron chi connectivity index (χ2n) is 5.34. The highest BCUT2D eigenvalue weighted by atomic mass is 16.5. The Kier molecular flexibility index (Phi) is 5.55. The molecule has 0 bridgehead atoms. The number of benzene rings is 2. The van der Waals surface area contributed by atoms with Gasteiger partial charge in [0.25, 0.3) is 0 Å². The number of anilines is 1. The molecule has 22 heavy (non-hydrogen) atoms. The van der Waals surface area contributed by atoms with E-state index in [-0.39, 0.29) is 12.5 Å². The lowest BCUT2D eigenvalue weighted by atomic mass is 10.1. The topological polar surface area (TPSA) is 50.4 Å². The minimum atomic E-state index is -0.0865. The first kappa shape index (κ1) is 16.0. The van der Waals surface area contributed by atoms with Crippen LogP contribution in [0.25, 0.3) is 0 Å². The van der Waals surface area contributed by atoms with E-state index in [0.717, 1.165) is 5.56 Å². The van der Waals surface area contributed by atoms with Crippen LogP contribution in [-0.2, 0) is 11.3 Å². The van der Waals surface area contributed by atoms with Gasteiger partial charge in [-0.2, -0.15) is 0 Å². The van der Waals surface area contributed by atoms with E-state index in [1.165, 1.54) is 11.1 Å². The smallest absolute Gasteiger partial charge is 0.238 e. The molecule has 4 nitrogen and oxygen atoms in total. The van der Waals surface area contributed by atoms with Gasteiger partial charge in [0.05, 0.1) is 19.3 Å². The molecule has 116 valence electrons. The molecule has 2 N–H and O–H groups in total. The number of carbonyl (C=O) groups is 1. The molecule has 2 rings (SSSR count). The van der Waals surface area contributed by atoms with Crippen molar-refractivity contribution < 1.29 is 9.53 Å². The molecule has 4 heteroatoms. The van der Waals surface area contributed by atoms with Gasteiger partial charge in [0.1, 0.15) is 5.75 Å². The Bertz CT molecular complexity index is 653. The molecule has 0 spiro atoms. The first-order valence-electron chi connectivity index (χ1n) is 7.29. The van der Waals surface area contributed by atoms with Crippen LogP contribution in [0.4, 0.5) is 5.69 Å². The van der Waals surface area contributed by atoms with Gasteiger partial charge in [-0.1, -0.05) is 35.9 Å². The summed E-state index contributed by atoms with van der Waals surface area (Å²) in [5, 5.41) is 6.02. The molecule has 0 aromatic heterocycles. The first-order valence-corrected chi connectivity index (χ1v) is 7.29. The van der Waals surface area contributed by atoms with Crippen molar-refractivity contribution in [2.45, 2.75) is 20.4 Å². The molecule has 0 saturated heterocycles. The van der Waals surface area contributed by atoms with E-state index in [1.807, 2.05) is 37.3 Å². The van der Waals surface area contributed by atoms with Gasteiger partial charge in [-0.3, -0.25) is 4.79 Å². The maximum Gasteiger partial charge on any atom is 0.238 e. The monoisotopic (exact) mass is 298 g/mol. The fraction of sp³-hybridized carbons (Fsp3) is 0.278. The molecule has 0 aliphatic carbocycles. The number of amides is 1. The van der Waals surface area contributed by atoms with Gasteiger partial charge in [0.2, 0.25) is 5.91 Å². The van der Waals surface area contributed by atoms with Crippen LogP contribution in [0, 0.1) is 13.8 Å². The van der Waals surface area contributed by atoms with Crippen LogP contribution in [0.3, 0.4) is 0 Å². The third-order valence-electron chi connectivity index (χ3n) is 3.33. The molecule has 1 amide bonds. The Hall–Kier alpha value is -2.33. The highest BCUT2D eigenvalue weighted by Crippen LogP contribution is 2.24. The second kappa shape index (κ2) is 7.61. The zero-order chi connectivity index (χ0) is 15.9. The third-order valence-corrected chi connectivity index (χ3v) is 3.33. The number of hydrogen-bond donors (Lipinski definition) is 2. The van der Waals surface area contributed by atoms with E-state index in [9.17, 15) is 4.79 Å². The number of methoxy groups -OCH3 is 1. The molecule has 0 atom stereocenters. The van der Waals surface area contributed by atoms with Gasteiger partial charge in [0, 0.05) is 6.54 Å². The molecule has 0 fully saturated rings. The zero-order valence-electron chi connectivity index (χ0n) is 13.3. The molecule has 2 aromatic carbocycles. The largest absolute Gasteiger partial charge is 0.495 e. The standard InChI is InChI=1S/C18H22N2O2/c1-13-5-4-6-15(9-13)11-19-12-18(21)20-16-10-14(2)7-8-17(16)22-3/h4-10,19H,11-12H2,1-3H3,(H,20,21). The lowest BCUT2D eigenvalue weighted by Crippen LogP contribution is -2.27. The number of nitrogens with one attached hydrogen (secondary N) is 2. The lowest BCUT2D eigenvalue weighted by Gasteiger charge is -2.11. The Labute approximate surface area is 131 Å². The number of carbonyl (C=O) groups excluding carboxylic acids is 1. The van der Waals surface area contributed by atoms with Crippen molar-refractivity contribution >= 4 is 11.6 Å². The Morgan fingerprint density at radius 3 is 2.59 bits per heavy atom. The quantitative estimate of drug-likeness (QED) is 0.862. The van der Waals surface area contributed by atoms with Crippen LogP contribution < -0.4 is 15.4 Å². The third kappa shape index (κ3) is 4.60. The predicted octanol–water partition coefficient (Wildman–Crippen LogP) is 3.04. The summed E-state index contributed by atoms with van der Waals surface area (Å²) in [5.41, 5.74) is 4.16. The average molecular weight is 298 g/mol. The molecule has 0 aliphatic heterocycles. The summed E-state index contributed by atoms with van der Waals surface area (Å²) in [5.74, 6) is 0.578. The van der Waals surface area contributed by atoms with E-state index < -0.39 is 0 Å². The summed E-state index contributed by atoms with van der Waals surface area (Å²) in [6, 6.07) is 13.9. The number of aryl methyl sites for hydroxylation is 2. The van der Waals surface area contributed by atoms with Crippen molar-refractivity contribution in [1.82, 2.24) is 5.32 Å². The highest BCUT2D eigenvalue weighted by Gasteiger charge is 2.07. The second-order valence-corrected chi connectivity index (χ2v) is 5.34. The molecule has 2 aromatic rings. The van der Waals surface area contributed by atoms with E-state index in [1.54, 1.807) is 7.11 Å². The maximum absolute atomic E-state index is 12.0. The van der Waals surface area contributed by atoms with Crippen molar-refractivity contribution in [2.75, 3.05) is 19.0 Å². The van der Waals surface area contributed by atoms with Gasteiger partial charge in [-0.25, -0.2) is 0 Å². The van der Waals surface area contributed by atoms with Crippen LogP contribution in [0.2, 0.25) is 0 Å². The summed E-state index contributed by atoms with van der Waals surface area (Å²) in [4.78, 5) is 12.0. The Morgan fingerprint density at radius 2 is 1.86 bits per heavy atom. The van der Waals surface area contributed by atoms with Gasteiger partial charge in [0.15, 0.2) is 0 Å². The van der Waals surface area contributed by atoms with Crippen LogP contribution in [0.15, 0.2) is 42.5 Å². The van der Waals surface area contributed by atoms with Crippen molar-refractivity contribution in [1.29, 1.82) is 0 Å². The summed E-state index contributed by atoms with van der Waals surface area (Å²) in [7, 11) is 1.59. The minimum Gasteiger partial charge on any atom is -0.495 e. The minimum absolute atomic E-state index is 0.0865. The normalized spacial score (nSPS) is 10.3. The van der Waals surface area contributed by atoms with Crippen molar-refractivity contribution in [3.8, 4) is 5.75 Å². The zero-order valence-corrected chi connectivity index (χ0v) is 13.3. The summed E-state index contributed by atoms with van der Waals surface area (Å²) in [6.45, 7) is 4.95. The van der Waals surface area contributed by atoms with E-state index >= 15 is 0 Å². The van der Waals surface area contributed by atoms with Crippen LogP contribution in [-0.4, -0.2) is 19.6 Å². The number of hydrogen-bond acceptors (Lipinski definition) is 3. The highest BCUT2D eigenvalue weighted by molar-refractivity contribution is 5.93. The molecule has 0 unspecified atom stereocenters. The summed E-state index contributed by atoms with van der Waals surface area (Å²) < 4.78 is 5.25. The first-order chi connectivity index (χ1) is 10.6. The van der Waals surface area contributed by atoms with Gasteiger partial charge < -0.3 is 15.4 Å². The van der Waals surface area contributed by atoms with Crippen molar-refractivity contribution in [2.24, 2.45) is 0 Å². The molecule has 0 saturated carbocycles. The molecular formula is C18H22N2O2. The Morgan fingerprint density at radius 1 is 1.09 bits per heavy atom. The van der Waals surface area contributed by atoms with Crippen LogP contribution in [0.5, 0.6) is 5.75 Å². The number of rotatable bonds is 6. The summed E-state index contributed by atoms with van der Waals surface area (Å²) >= 11 is 0. The summed E-state index contributed by atoms with van der Waals surface area (Å²) in [6.07, 6.45) is 0. The maximum atomic E-state index is 12.0. The fourth-order valence-electron chi connectivity index (χ4n) is 2.26. The van der Waals surface area contributed by atoms with E-state index in [0.29, 0.717) is 18.0 Å². The van der Waals surface area contributed by atoms with Crippen molar-refractivity contribution in [3.63, 3.8) is 0 Å². The van der Waals surface area contributed by atoms with E-state index in [2.05, 4.69) is 29.7 Å². The molecular weight excluding hydrogens is 276 g/mol. The van der Waals surface area contributed by atoms with Gasteiger partial charge >= 0.3 is 0 Å². The Balaban J connectivity index is 1.87. The van der Waals surface area contributed by atoms with Crippen molar-refractivity contribution in [3.05, 3.63) is 59.2 Å². The van der Waals surface area contributed by atoms with Gasteiger partial charge in [-0.05, 0) is 37.1 Å². The molecule has 0 aliphatic rings. The van der Waals surface area contributed by atoms with Gasteiger partial charge in [-0.15, -0.1) is 0 Å². The van der Waals surface area contributed by atoms with E-state index in [4.69, 9.17) is 4.74 Å². The SMILES string of the molecule is COc1ccc(C)cc1NC(=O)CNCc1cccc(C)c1. The van der Waals surface area contributed by atoms with Crippen LogP contribution in [0.1, 0.15) is 16.7 Å². The fourth-order valence-corrected chi connectivity index (χ4v) is 2.26. The predicted molar refractivity (Wildman–Crippen MR) is 89.2 cm³/mol. The molecule has 0 heterocycles. The number of ether oxygens (including phenoxy) is 1. The average Bonchev–Trinajstić information content (AvgIpc) is 2.47.